The Kier molecular flexibility index (Phi) is 14.5. The minimum absolute atomic E-state index is 0.0475. The number of hydrogen-bond acceptors (Lipinski definition) is 7. The van der Waals surface area contributed by atoms with Crippen molar-refractivity contribution in [1.29, 1.82) is 0 Å². The molecule has 2 rings (SSSR count). The summed E-state index contributed by atoms with van der Waals surface area (Å²) in [5, 5.41) is 0.546. The maximum atomic E-state index is 13.5. The number of carbonyl (C=O) groups excluding carboxylic acids is 2. The molecule has 0 aliphatic rings. The lowest BCUT2D eigenvalue weighted by Gasteiger charge is -2.36. The van der Waals surface area contributed by atoms with E-state index in [0.29, 0.717) is 44.4 Å². The highest BCUT2D eigenvalue weighted by Crippen LogP contribution is 2.23. The number of nitrogens with zero attached hydrogens (tertiary/aromatic N) is 1. The normalized spacial score (nSPS) is 13.0. The molecule has 8 heteroatoms. The Labute approximate surface area is 248 Å². The van der Waals surface area contributed by atoms with Crippen molar-refractivity contribution in [2.75, 3.05) is 31.7 Å². The Morgan fingerprint density at radius 3 is 1.88 bits per heavy atom. The maximum absolute atomic E-state index is 13.5. The highest BCUT2D eigenvalue weighted by atomic mass is 79.9. The van der Waals surface area contributed by atoms with Crippen LogP contribution in [0.2, 0.25) is 0 Å². The van der Waals surface area contributed by atoms with E-state index in [1.807, 2.05) is 88.0 Å². The molecule has 7 nitrogen and oxygen atoms in total. The molecule has 2 atom stereocenters. The number of carbonyl (C=O) groups is 2. The highest BCUT2D eigenvalue weighted by molar-refractivity contribution is 9.09. The summed E-state index contributed by atoms with van der Waals surface area (Å²) in [7, 11) is 0. The monoisotopic (exact) mass is 619 g/mol. The second-order valence-corrected chi connectivity index (χ2v) is 11.4. The van der Waals surface area contributed by atoms with E-state index in [-0.39, 0.29) is 24.5 Å². The summed E-state index contributed by atoms with van der Waals surface area (Å²) in [5.41, 5.74) is 1.37. The zero-order valence-electron chi connectivity index (χ0n) is 24.9. The predicted molar refractivity (Wildman–Crippen MR) is 162 cm³/mol. The first kappa shape index (κ1) is 33.6. The van der Waals surface area contributed by atoms with Crippen LogP contribution in [-0.2, 0) is 31.9 Å². The lowest BCUT2D eigenvalue weighted by atomic mass is 9.99. The summed E-state index contributed by atoms with van der Waals surface area (Å²) in [5.74, 6) is 0.852. The second-order valence-electron chi connectivity index (χ2n) is 10.7. The van der Waals surface area contributed by atoms with E-state index in [9.17, 15) is 9.59 Å². The molecule has 0 amide bonds. The number of esters is 2. The molecule has 0 N–H and O–H groups in total. The Morgan fingerprint density at radius 2 is 1.38 bits per heavy atom. The van der Waals surface area contributed by atoms with Gasteiger partial charge < -0.3 is 18.9 Å². The first-order valence-electron chi connectivity index (χ1n) is 14.2. The van der Waals surface area contributed by atoms with Crippen molar-refractivity contribution in [2.24, 2.45) is 0 Å². The van der Waals surface area contributed by atoms with Gasteiger partial charge in [0, 0.05) is 11.4 Å². The van der Waals surface area contributed by atoms with Gasteiger partial charge in [-0.15, -0.1) is 0 Å². The largest absolute Gasteiger partial charge is 0.494 e. The van der Waals surface area contributed by atoms with Gasteiger partial charge in [0.2, 0.25) is 0 Å². The molecule has 0 fully saturated rings. The van der Waals surface area contributed by atoms with Gasteiger partial charge in [-0.3, -0.25) is 14.5 Å². The molecule has 0 spiro atoms. The average Bonchev–Trinajstić information content (AvgIpc) is 2.92. The van der Waals surface area contributed by atoms with Gasteiger partial charge in [0.25, 0.3) is 0 Å². The van der Waals surface area contributed by atoms with Crippen LogP contribution in [0.1, 0.15) is 65.5 Å². The Bertz CT molecular complexity index is 1020. The quantitative estimate of drug-likeness (QED) is 0.150. The molecule has 2 unspecified atom stereocenters. The molecule has 0 saturated carbocycles. The molecule has 0 radical (unpaired) electrons. The van der Waals surface area contributed by atoms with E-state index >= 15 is 0 Å². The number of hydrogen-bond donors (Lipinski definition) is 0. The molecule has 0 aliphatic heterocycles. The fourth-order valence-electron chi connectivity index (χ4n) is 4.24. The number of ether oxygens (including phenoxy) is 4. The first-order chi connectivity index (χ1) is 19.1. The van der Waals surface area contributed by atoms with Crippen LogP contribution in [0.4, 0.5) is 0 Å². The van der Waals surface area contributed by atoms with Gasteiger partial charge >= 0.3 is 11.9 Å². The molecular formula is C32H46BrNO6. The SMILES string of the molecule is CCCOC(=O)C(Cc1ccc(OCC)cc1)N(CC(=O)OC(C)(C)C)C(CBr)Cc1ccc(OCCC)cc1. The molecule has 40 heavy (non-hydrogen) atoms. The van der Waals surface area contributed by atoms with Crippen molar-refractivity contribution in [2.45, 2.75) is 84.9 Å². The van der Waals surface area contributed by atoms with Gasteiger partial charge in [0.05, 0.1) is 26.4 Å². The average molecular weight is 621 g/mol. The van der Waals surface area contributed by atoms with E-state index < -0.39 is 11.6 Å². The first-order valence-corrected chi connectivity index (χ1v) is 15.4. The molecule has 2 aromatic rings. The molecule has 0 heterocycles. The molecule has 0 saturated heterocycles. The number of alkyl halides is 1. The second kappa shape index (κ2) is 17.3. The van der Waals surface area contributed by atoms with Crippen molar-refractivity contribution in [3.05, 3.63) is 59.7 Å². The Balaban J connectivity index is 2.41. The van der Waals surface area contributed by atoms with Crippen LogP contribution in [0.15, 0.2) is 48.5 Å². The number of benzene rings is 2. The zero-order chi connectivity index (χ0) is 29.5. The summed E-state index contributed by atoms with van der Waals surface area (Å²) in [6, 6.07) is 14.8. The van der Waals surface area contributed by atoms with Crippen molar-refractivity contribution in [1.82, 2.24) is 4.90 Å². The topological polar surface area (TPSA) is 74.3 Å². The fourth-order valence-corrected chi connectivity index (χ4v) is 4.84. The van der Waals surface area contributed by atoms with Gasteiger partial charge in [0.1, 0.15) is 23.1 Å². The highest BCUT2D eigenvalue weighted by Gasteiger charge is 2.35. The summed E-state index contributed by atoms with van der Waals surface area (Å²) in [6.45, 7) is 13.0. The van der Waals surface area contributed by atoms with Gasteiger partial charge in [-0.25, -0.2) is 0 Å². The molecule has 0 aromatic heterocycles. The van der Waals surface area contributed by atoms with E-state index in [1.165, 1.54) is 0 Å². The third-order valence-corrected chi connectivity index (χ3v) is 6.78. The smallest absolute Gasteiger partial charge is 0.323 e. The van der Waals surface area contributed by atoms with Crippen LogP contribution >= 0.6 is 15.9 Å². The van der Waals surface area contributed by atoms with E-state index in [4.69, 9.17) is 18.9 Å². The van der Waals surface area contributed by atoms with Crippen molar-refractivity contribution < 1.29 is 28.5 Å². The Hall–Kier alpha value is -2.58. The summed E-state index contributed by atoms with van der Waals surface area (Å²) in [4.78, 5) is 28.6. The van der Waals surface area contributed by atoms with Gasteiger partial charge in [-0.05, 0) is 88.8 Å². The Morgan fingerprint density at radius 1 is 0.825 bits per heavy atom. The van der Waals surface area contributed by atoms with Gasteiger partial charge in [-0.2, -0.15) is 0 Å². The van der Waals surface area contributed by atoms with Crippen LogP contribution in [-0.4, -0.2) is 66.2 Å². The third-order valence-electron chi connectivity index (χ3n) is 6.03. The number of rotatable bonds is 17. The van der Waals surface area contributed by atoms with Crippen LogP contribution < -0.4 is 9.47 Å². The van der Waals surface area contributed by atoms with Crippen LogP contribution in [0, 0.1) is 0 Å². The lowest BCUT2D eigenvalue weighted by Crippen LogP contribution is -2.53. The minimum atomic E-state index is -0.688. The third kappa shape index (κ3) is 11.9. The van der Waals surface area contributed by atoms with E-state index in [2.05, 4.69) is 22.9 Å². The molecule has 0 aliphatic carbocycles. The van der Waals surface area contributed by atoms with Crippen LogP contribution in [0.5, 0.6) is 11.5 Å². The number of halogens is 1. The fraction of sp³-hybridized carbons (Fsp3) is 0.562. The zero-order valence-corrected chi connectivity index (χ0v) is 26.5. The summed E-state index contributed by atoms with van der Waals surface area (Å²) >= 11 is 3.67. The van der Waals surface area contributed by atoms with Crippen molar-refractivity contribution in [3.63, 3.8) is 0 Å². The van der Waals surface area contributed by atoms with Crippen molar-refractivity contribution >= 4 is 27.9 Å². The molecule has 222 valence electrons. The van der Waals surface area contributed by atoms with Crippen LogP contribution in [0.25, 0.3) is 0 Å². The van der Waals surface area contributed by atoms with E-state index in [1.54, 1.807) is 0 Å². The van der Waals surface area contributed by atoms with Gasteiger partial charge in [-0.1, -0.05) is 54.0 Å². The minimum Gasteiger partial charge on any atom is -0.494 e. The standard InChI is InChI=1S/C32H46BrNO6/c1-7-18-38-28-16-10-24(11-17-28)20-26(22-33)34(23-30(35)40-32(4,5)6)29(31(36)39-19-8-2)21-25-12-14-27(15-13-25)37-9-3/h10-17,26,29H,7-9,18-23H2,1-6H3. The molecule has 0 bridgehead atoms. The van der Waals surface area contributed by atoms with Crippen LogP contribution in [0.3, 0.4) is 0 Å². The maximum Gasteiger partial charge on any atom is 0.323 e. The summed E-state index contributed by atoms with van der Waals surface area (Å²) < 4.78 is 22.7. The summed E-state index contributed by atoms with van der Waals surface area (Å²) in [6.07, 6.45) is 2.65. The van der Waals surface area contributed by atoms with E-state index in [0.717, 1.165) is 29.0 Å². The molecule has 2 aromatic carbocycles. The molecular weight excluding hydrogens is 574 g/mol. The van der Waals surface area contributed by atoms with Crippen molar-refractivity contribution in [3.8, 4) is 11.5 Å². The lowest BCUT2D eigenvalue weighted by molar-refractivity contribution is -0.160. The predicted octanol–water partition coefficient (Wildman–Crippen LogP) is 6.39. The van der Waals surface area contributed by atoms with Gasteiger partial charge in [0.15, 0.2) is 0 Å².